The van der Waals surface area contributed by atoms with Gasteiger partial charge in [0.25, 0.3) is 11.8 Å². The topological polar surface area (TPSA) is 67.2 Å². The van der Waals surface area contributed by atoms with Gasteiger partial charge in [-0.25, -0.2) is 4.98 Å². The van der Waals surface area contributed by atoms with E-state index >= 15 is 0 Å². The van der Waals surface area contributed by atoms with Crippen molar-refractivity contribution in [2.45, 2.75) is 18.9 Å². The molecule has 1 saturated heterocycles. The average molecular weight is 409 g/mol. The Morgan fingerprint density at radius 3 is 2.69 bits per heavy atom. The number of hydrogen-bond acceptors (Lipinski definition) is 3. The molecule has 1 aliphatic rings. The lowest BCUT2D eigenvalue weighted by atomic mass is 10.0. The minimum absolute atomic E-state index is 0.0302. The van der Waals surface area contributed by atoms with E-state index in [-0.39, 0.29) is 17.9 Å². The Hall–Kier alpha value is -3.12. The minimum Gasteiger partial charge on any atom is -0.348 e. The smallest absolute Gasteiger partial charge is 0.253 e. The molecular weight excluding hydrogens is 388 g/mol. The molecule has 1 fully saturated rings. The zero-order valence-corrected chi connectivity index (χ0v) is 16.5. The van der Waals surface area contributed by atoms with Gasteiger partial charge in [0, 0.05) is 53.4 Å². The number of imidazole rings is 1. The number of carbonyl (C=O) groups excluding carboxylic acids is 2. The molecule has 148 valence electrons. The van der Waals surface area contributed by atoms with Gasteiger partial charge >= 0.3 is 0 Å². The van der Waals surface area contributed by atoms with Crippen LogP contribution in [-0.2, 0) is 0 Å². The van der Waals surface area contributed by atoms with Gasteiger partial charge in [-0.05, 0) is 55.3 Å². The summed E-state index contributed by atoms with van der Waals surface area (Å²) < 4.78 is 1.86. The highest BCUT2D eigenvalue weighted by atomic mass is 35.5. The second-order valence-electron chi connectivity index (χ2n) is 7.09. The molecule has 0 bridgehead atoms. The summed E-state index contributed by atoms with van der Waals surface area (Å²) in [6, 6.07) is 14.2. The lowest BCUT2D eigenvalue weighted by molar-refractivity contribution is 0.0676. The van der Waals surface area contributed by atoms with Gasteiger partial charge in [-0.1, -0.05) is 17.7 Å². The zero-order valence-electron chi connectivity index (χ0n) is 15.8. The van der Waals surface area contributed by atoms with Crippen LogP contribution in [0, 0.1) is 0 Å². The van der Waals surface area contributed by atoms with Gasteiger partial charge in [-0.15, -0.1) is 0 Å². The number of benzene rings is 2. The number of hydrogen-bond donors (Lipinski definition) is 1. The van der Waals surface area contributed by atoms with Crippen LogP contribution in [0.25, 0.3) is 5.69 Å². The number of likely N-dealkylation sites (tertiary alicyclic amines) is 1. The van der Waals surface area contributed by atoms with Gasteiger partial charge < -0.3 is 14.8 Å². The molecule has 4 rings (SSSR count). The fourth-order valence-electron chi connectivity index (χ4n) is 3.54. The van der Waals surface area contributed by atoms with Gasteiger partial charge in [0.1, 0.15) is 0 Å². The quantitative estimate of drug-likeness (QED) is 0.717. The van der Waals surface area contributed by atoms with Crippen molar-refractivity contribution in [2.24, 2.45) is 0 Å². The molecule has 1 unspecified atom stereocenters. The summed E-state index contributed by atoms with van der Waals surface area (Å²) in [5.41, 5.74) is 2.07. The van der Waals surface area contributed by atoms with Crippen molar-refractivity contribution in [3.8, 4) is 5.69 Å². The number of piperidine rings is 1. The maximum atomic E-state index is 13.0. The normalized spacial score (nSPS) is 16.4. The lowest BCUT2D eigenvalue weighted by Gasteiger charge is -2.33. The molecule has 0 radical (unpaired) electrons. The van der Waals surface area contributed by atoms with Crippen molar-refractivity contribution in [3.63, 3.8) is 0 Å². The average Bonchev–Trinajstić information content (AvgIpc) is 3.29. The molecule has 6 nitrogen and oxygen atoms in total. The number of amides is 2. The number of carbonyl (C=O) groups is 2. The molecule has 1 aliphatic heterocycles. The fourth-order valence-corrected chi connectivity index (χ4v) is 3.67. The van der Waals surface area contributed by atoms with Crippen LogP contribution in [0.2, 0.25) is 5.02 Å². The van der Waals surface area contributed by atoms with Crippen molar-refractivity contribution < 1.29 is 9.59 Å². The predicted octanol–water partition coefficient (Wildman–Crippen LogP) is 3.56. The van der Waals surface area contributed by atoms with E-state index in [0.717, 1.165) is 18.5 Å². The zero-order chi connectivity index (χ0) is 20.2. The van der Waals surface area contributed by atoms with Crippen molar-refractivity contribution in [3.05, 3.63) is 83.4 Å². The second kappa shape index (κ2) is 8.49. The number of rotatable bonds is 4. The third-order valence-corrected chi connectivity index (χ3v) is 5.30. The molecule has 1 atom stereocenters. The van der Waals surface area contributed by atoms with E-state index in [2.05, 4.69) is 10.3 Å². The summed E-state index contributed by atoms with van der Waals surface area (Å²) >= 11 is 5.88. The minimum atomic E-state index is -0.150. The summed E-state index contributed by atoms with van der Waals surface area (Å²) in [5, 5.41) is 3.63. The van der Waals surface area contributed by atoms with Crippen molar-refractivity contribution in [2.75, 3.05) is 13.1 Å². The molecule has 1 aromatic heterocycles. The van der Waals surface area contributed by atoms with Gasteiger partial charge in [0.2, 0.25) is 0 Å². The molecule has 7 heteroatoms. The van der Waals surface area contributed by atoms with E-state index in [1.807, 2.05) is 39.9 Å². The Balaban J connectivity index is 1.43. The number of nitrogens with zero attached hydrogens (tertiary/aromatic N) is 3. The molecule has 0 spiro atoms. The van der Waals surface area contributed by atoms with E-state index in [0.29, 0.717) is 29.2 Å². The summed E-state index contributed by atoms with van der Waals surface area (Å²) in [4.78, 5) is 31.4. The maximum absolute atomic E-state index is 13.0. The summed E-state index contributed by atoms with van der Waals surface area (Å²) in [7, 11) is 0. The summed E-state index contributed by atoms with van der Waals surface area (Å²) in [6.07, 6.45) is 6.93. The molecule has 2 heterocycles. The Kier molecular flexibility index (Phi) is 5.62. The van der Waals surface area contributed by atoms with E-state index < -0.39 is 0 Å². The molecule has 0 saturated carbocycles. The Morgan fingerprint density at radius 2 is 1.93 bits per heavy atom. The highest BCUT2D eigenvalue weighted by Crippen LogP contribution is 2.17. The van der Waals surface area contributed by atoms with Crippen LogP contribution in [0.5, 0.6) is 0 Å². The first-order valence-corrected chi connectivity index (χ1v) is 9.92. The van der Waals surface area contributed by atoms with E-state index in [4.69, 9.17) is 11.6 Å². The van der Waals surface area contributed by atoms with Crippen LogP contribution in [0.4, 0.5) is 0 Å². The highest BCUT2D eigenvalue weighted by molar-refractivity contribution is 6.30. The standard InChI is InChI=1S/C22H21ClN4O2/c23-18-8-6-16(7-9-18)21(28)25-19-4-2-11-26(14-19)22(29)17-3-1-5-20(13-17)27-12-10-24-15-27/h1,3,5-10,12-13,15,19H,2,4,11,14H2,(H,25,28). The van der Waals surface area contributed by atoms with Gasteiger partial charge in [-0.3, -0.25) is 9.59 Å². The highest BCUT2D eigenvalue weighted by Gasteiger charge is 2.26. The molecule has 1 N–H and O–H groups in total. The first kappa shape index (κ1) is 19.2. The van der Waals surface area contributed by atoms with E-state index in [1.54, 1.807) is 36.8 Å². The Labute approximate surface area is 174 Å². The molecule has 2 aromatic carbocycles. The van der Waals surface area contributed by atoms with Gasteiger partial charge in [-0.2, -0.15) is 0 Å². The molecule has 29 heavy (non-hydrogen) atoms. The monoisotopic (exact) mass is 408 g/mol. The maximum Gasteiger partial charge on any atom is 0.253 e. The van der Waals surface area contributed by atoms with Crippen molar-refractivity contribution in [1.82, 2.24) is 19.8 Å². The van der Waals surface area contributed by atoms with Crippen molar-refractivity contribution >= 4 is 23.4 Å². The SMILES string of the molecule is O=C(NC1CCCN(C(=O)c2cccc(-n3ccnc3)c2)C1)c1ccc(Cl)cc1. The Morgan fingerprint density at radius 1 is 1.10 bits per heavy atom. The number of aromatic nitrogens is 2. The second-order valence-corrected chi connectivity index (χ2v) is 7.53. The third-order valence-electron chi connectivity index (χ3n) is 5.05. The molecular formula is C22H21ClN4O2. The third kappa shape index (κ3) is 4.49. The van der Waals surface area contributed by atoms with Crippen molar-refractivity contribution in [1.29, 1.82) is 0 Å². The first-order chi connectivity index (χ1) is 14.1. The van der Waals surface area contributed by atoms with Crippen LogP contribution in [0.1, 0.15) is 33.6 Å². The molecule has 0 aliphatic carbocycles. The van der Waals surface area contributed by atoms with Crippen LogP contribution in [-0.4, -0.2) is 45.4 Å². The molecule has 2 amide bonds. The van der Waals surface area contributed by atoms with Crippen LogP contribution < -0.4 is 5.32 Å². The molecule has 3 aromatic rings. The predicted molar refractivity (Wildman–Crippen MR) is 111 cm³/mol. The first-order valence-electron chi connectivity index (χ1n) is 9.54. The van der Waals surface area contributed by atoms with Crippen LogP contribution >= 0.6 is 11.6 Å². The fraction of sp³-hybridized carbons (Fsp3) is 0.227. The lowest BCUT2D eigenvalue weighted by Crippen LogP contribution is -2.49. The van der Waals surface area contributed by atoms with Gasteiger partial charge in [0.15, 0.2) is 0 Å². The largest absolute Gasteiger partial charge is 0.348 e. The Bertz CT molecular complexity index is 1000. The van der Waals surface area contributed by atoms with Crippen LogP contribution in [0.3, 0.4) is 0 Å². The van der Waals surface area contributed by atoms with E-state index in [1.165, 1.54) is 0 Å². The summed E-state index contributed by atoms with van der Waals surface area (Å²) in [5.74, 6) is -0.180. The van der Waals surface area contributed by atoms with E-state index in [9.17, 15) is 9.59 Å². The number of nitrogens with one attached hydrogen (secondary N) is 1. The number of halogens is 1. The summed E-state index contributed by atoms with van der Waals surface area (Å²) in [6.45, 7) is 1.18. The van der Waals surface area contributed by atoms with Crippen LogP contribution in [0.15, 0.2) is 67.3 Å². The van der Waals surface area contributed by atoms with Gasteiger partial charge in [0.05, 0.1) is 6.33 Å².